The maximum atomic E-state index is 8.52. The zero-order valence-electron chi connectivity index (χ0n) is 19.1. The van der Waals surface area contributed by atoms with E-state index in [4.69, 9.17) is 21.7 Å². The minimum absolute atomic E-state index is 0. The number of aliphatic hydroxyl groups is 2. The van der Waals surface area contributed by atoms with Gasteiger partial charge in [-0.3, -0.25) is 6.58 Å². The van der Waals surface area contributed by atoms with E-state index in [-0.39, 0.29) is 32.8 Å². The molecular formula is C20H47N2O2Ti. The summed E-state index contributed by atoms with van der Waals surface area (Å²) < 4.78 is 0. The van der Waals surface area contributed by atoms with Crippen molar-refractivity contribution in [1.82, 2.24) is 0 Å². The third kappa shape index (κ3) is 305. The van der Waals surface area contributed by atoms with Gasteiger partial charge in [-0.2, -0.15) is 0 Å². The molecule has 0 spiro atoms. The van der Waals surface area contributed by atoms with Gasteiger partial charge in [0.1, 0.15) is 0 Å². The monoisotopic (exact) mass is 395 g/mol. The maximum Gasteiger partial charge on any atom is 3.00 e. The van der Waals surface area contributed by atoms with Gasteiger partial charge in [0.2, 0.25) is 0 Å². The summed E-state index contributed by atoms with van der Waals surface area (Å²) in [5.41, 5.74) is 12.9. The Balaban J connectivity index is -0.0000000461. The van der Waals surface area contributed by atoms with Crippen LogP contribution in [0.1, 0.15) is 95.9 Å². The Morgan fingerprint density at radius 3 is 0.680 bits per heavy atom. The molecule has 0 amide bonds. The zero-order valence-corrected chi connectivity index (χ0v) is 20.7. The molecule has 153 valence electrons. The molecule has 0 aliphatic rings. The van der Waals surface area contributed by atoms with Crippen molar-refractivity contribution >= 4 is 0 Å². The van der Waals surface area contributed by atoms with Crippen LogP contribution in [-0.2, 0) is 21.7 Å². The van der Waals surface area contributed by atoms with Crippen LogP contribution in [0.2, 0.25) is 0 Å². The van der Waals surface area contributed by atoms with Crippen LogP contribution in [0, 0.1) is 6.58 Å². The maximum absolute atomic E-state index is 8.52. The molecule has 4 N–H and O–H groups in total. The third-order valence-electron chi connectivity index (χ3n) is 1.77. The molecule has 5 heteroatoms. The molecule has 0 aliphatic heterocycles. The van der Waals surface area contributed by atoms with Crippen molar-refractivity contribution in [3.8, 4) is 0 Å². The number of hydrogen-bond acceptors (Lipinski definition) is 2. The summed E-state index contributed by atoms with van der Waals surface area (Å²) in [4.78, 5) is 0. The Bertz CT molecular complexity index is 206. The molecule has 0 saturated carbocycles. The Hall–Kier alpha value is 0.294. The predicted octanol–water partition coefficient (Wildman–Crippen LogP) is 6.61. The van der Waals surface area contributed by atoms with Crippen LogP contribution >= 0.6 is 0 Å². The van der Waals surface area contributed by atoms with Gasteiger partial charge in [-0.1, -0.05) is 54.4 Å². The Morgan fingerprint density at radius 1 is 0.640 bits per heavy atom. The molecule has 0 saturated heterocycles. The van der Waals surface area contributed by atoms with E-state index in [1.165, 1.54) is 0 Å². The van der Waals surface area contributed by atoms with Crippen LogP contribution in [0.5, 0.6) is 0 Å². The fraction of sp³-hybridized carbons (Fsp3) is 0.900. The van der Waals surface area contributed by atoms with E-state index < -0.39 is 11.2 Å². The van der Waals surface area contributed by atoms with Gasteiger partial charge in [0.15, 0.2) is 0 Å². The molecule has 1 radical (unpaired) electrons. The zero-order chi connectivity index (χ0) is 21.4. The fourth-order valence-corrected chi connectivity index (χ4v) is 0. The normalized spacial score (nSPS) is 10.7. The predicted molar refractivity (Wildman–Crippen MR) is 111 cm³/mol. The van der Waals surface area contributed by atoms with Crippen LogP contribution in [0.3, 0.4) is 0 Å². The minimum atomic E-state index is -0.500. The second-order valence-corrected chi connectivity index (χ2v) is 8.82. The van der Waals surface area contributed by atoms with Gasteiger partial charge in [0, 0.05) is 0 Å². The van der Waals surface area contributed by atoms with Gasteiger partial charge in [-0.15, -0.1) is 11.1 Å². The third-order valence-corrected chi connectivity index (χ3v) is 1.77. The first-order valence-corrected chi connectivity index (χ1v) is 8.48. The molecule has 0 aromatic rings. The Morgan fingerprint density at radius 2 is 0.680 bits per heavy atom. The first-order chi connectivity index (χ1) is 10.1. The van der Waals surface area contributed by atoms with E-state index in [0.29, 0.717) is 0 Å². The molecule has 4 nitrogen and oxygen atoms in total. The minimum Gasteiger partial charge on any atom is -0.672 e. The van der Waals surface area contributed by atoms with Crippen molar-refractivity contribution in [2.24, 2.45) is 0 Å². The number of nitrogens with one attached hydrogen (secondary N) is 2. The average molecular weight is 395 g/mol. The number of rotatable bonds is 2. The largest absolute Gasteiger partial charge is 3.00 e. The summed E-state index contributed by atoms with van der Waals surface area (Å²) in [6.45, 7) is 29.1. The van der Waals surface area contributed by atoms with Gasteiger partial charge >= 0.3 is 21.7 Å². The van der Waals surface area contributed by atoms with Crippen molar-refractivity contribution in [2.75, 3.05) is 0 Å². The summed E-state index contributed by atoms with van der Waals surface area (Å²) >= 11 is 0. The van der Waals surface area contributed by atoms with E-state index in [9.17, 15) is 0 Å². The molecule has 0 fully saturated rings. The Kier molecular flexibility index (Phi) is 30.6. The second kappa shape index (κ2) is 19.1. The van der Waals surface area contributed by atoms with E-state index >= 15 is 0 Å². The second-order valence-electron chi connectivity index (χ2n) is 8.82. The van der Waals surface area contributed by atoms with Crippen LogP contribution < -0.4 is 0 Å². The molecule has 0 rings (SSSR count). The van der Waals surface area contributed by atoms with Gasteiger partial charge in [0.25, 0.3) is 0 Å². The first-order valence-electron chi connectivity index (χ1n) is 8.48. The van der Waals surface area contributed by atoms with Gasteiger partial charge in [-0.25, -0.2) is 0 Å². The van der Waals surface area contributed by atoms with E-state index in [1.807, 2.05) is 41.5 Å². The first kappa shape index (κ1) is 40.1. The number of hydrogen-bond donors (Lipinski definition) is 2. The van der Waals surface area contributed by atoms with Crippen molar-refractivity contribution in [1.29, 1.82) is 0 Å². The molecule has 0 atom stereocenters. The molecular weight excluding hydrogens is 348 g/mol. The SMILES string of the molecule is CC(C)(C)O.CC(C)(C)O.CCC(C)(C)[NH-].CCC(C)(C)[NH-].[CH-]=C.[Ti+3]. The van der Waals surface area contributed by atoms with Crippen molar-refractivity contribution < 1.29 is 31.9 Å². The molecule has 0 unspecified atom stereocenters. The fourth-order valence-electron chi connectivity index (χ4n) is 0. The van der Waals surface area contributed by atoms with Crippen LogP contribution in [0.25, 0.3) is 11.5 Å². The summed E-state index contributed by atoms with van der Waals surface area (Å²) in [7, 11) is 0. The topological polar surface area (TPSA) is 88.1 Å². The van der Waals surface area contributed by atoms with Gasteiger partial charge in [0.05, 0.1) is 11.2 Å². The van der Waals surface area contributed by atoms with E-state index in [2.05, 4.69) is 13.2 Å². The quantitative estimate of drug-likeness (QED) is 0.407. The van der Waals surface area contributed by atoms with Crippen LogP contribution in [0.4, 0.5) is 0 Å². The molecule has 0 aromatic carbocycles. The van der Waals surface area contributed by atoms with E-state index in [1.54, 1.807) is 41.5 Å². The summed E-state index contributed by atoms with van der Waals surface area (Å²) in [5.74, 6) is 0. The molecule has 0 aromatic heterocycles. The van der Waals surface area contributed by atoms with Gasteiger partial charge in [-0.05, 0) is 41.5 Å². The average Bonchev–Trinajstić information content (AvgIpc) is 2.26. The standard InChI is InChI=1S/2C5H12N.2C4H10O.C2H3.Ti/c2*1-4-5(2,3)6;2*1-4(2,3)5;1-2;/h2*6H,4H2,1-3H3;2*5H,1-3H3;1H,2H2;/q2*-1;;;-1;+3. The van der Waals surface area contributed by atoms with Crippen LogP contribution in [0.15, 0.2) is 6.58 Å². The van der Waals surface area contributed by atoms with E-state index in [0.717, 1.165) is 12.8 Å². The van der Waals surface area contributed by atoms with Crippen molar-refractivity contribution in [2.45, 2.75) is 118 Å². The van der Waals surface area contributed by atoms with Gasteiger partial charge < -0.3 is 28.3 Å². The molecule has 0 bridgehead atoms. The van der Waals surface area contributed by atoms with Crippen LogP contribution in [-0.4, -0.2) is 32.5 Å². The molecule has 0 aliphatic carbocycles. The summed E-state index contributed by atoms with van der Waals surface area (Å²) in [5, 5.41) is 17.0. The summed E-state index contributed by atoms with van der Waals surface area (Å²) in [6, 6.07) is 0. The smallest absolute Gasteiger partial charge is 0.672 e. The van der Waals surface area contributed by atoms with Crippen molar-refractivity contribution in [3.05, 3.63) is 24.6 Å². The molecule has 0 heterocycles. The molecule has 25 heavy (non-hydrogen) atoms. The summed E-state index contributed by atoms with van der Waals surface area (Å²) in [6.07, 6.45) is 1.88. The van der Waals surface area contributed by atoms with Crippen molar-refractivity contribution in [3.63, 3.8) is 0 Å². The Labute approximate surface area is 174 Å².